The van der Waals surface area contributed by atoms with Crippen LogP contribution in [0.4, 0.5) is 15.8 Å². The fraction of sp³-hybridized carbons (Fsp3) is 0.419. The zero-order valence-corrected chi connectivity index (χ0v) is 22.2. The molecule has 1 aliphatic heterocycles. The second-order valence-electron chi connectivity index (χ2n) is 10.2. The Morgan fingerprint density at radius 2 is 1.94 bits per heavy atom. The minimum atomic E-state index is -1.57. The molecule has 188 valence electrons. The van der Waals surface area contributed by atoms with Gasteiger partial charge in [-0.05, 0) is 93.5 Å². The van der Waals surface area contributed by atoms with Crippen molar-refractivity contribution in [2.24, 2.45) is 0 Å². The molecule has 0 aromatic heterocycles. The molecule has 0 bridgehead atoms. The van der Waals surface area contributed by atoms with E-state index in [1.807, 2.05) is 0 Å². The quantitative estimate of drug-likeness (QED) is 0.367. The summed E-state index contributed by atoms with van der Waals surface area (Å²) in [7, 11) is 0. The van der Waals surface area contributed by atoms with Crippen molar-refractivity contribution in [3.05, 3.63) is 88.0 Å². The van der Waals surface area contributed by atoms with E-state index in [2.05, 4.69) is 99.5 Å². The van der Waals surface area contributed by atoms with Crippen LogP contribution in [0.25, 0.3) is 5.57 Å². The zero-order valence-electron chi connectivity index (χ0n) is 22.2. The molecule has 1 atom stereocenters. The first kappa shape index (κ1) is 26.9. The summed E-state index contributed by atoms with van der Waals surface area (Å²) in [4.78, 5) is 2.09. The number of halogens is 1. The third-order valence-corrected chi connectivity index (χ3v) is 6.80. The van der Waals surface area contributed by atoms with E-state index in [9.17, 15) is 9.50 Å². The number of anilines is 2. The number of hydrogen-bond donors (Lipinski definition) is 2. The lowest BCUT2D eigenvalue weighted by atomic mass is 9.96. The lowest BCUT2D eigenvalue weighted by Gasteiger charge is -2.33. The summed E-state index contributed by atoms with van der Waals surface area (Å²) in [5, 5.41) is 12.9. The zero-order chi connectivity index (χ0) is 25.6. The molecule has 0 amide bonds. The number of aliphatic hydroxyl groups is 1. The average molecular weight is 477 g/mol. The highest BCUT2D eigenvalue weighted by Gasteiger charge is 2.28. The van der Waals surface area contributed by atoms with Crippen molar-refractivity contribution in [1.29, 1.82) is 0 Å². The summed E-state index contributed by atoms with van der Waals surface area (Å²) in [6.45, 7) is 13.5. The van der Waals surface area contributed by atoms with E-state index < -0.39 is 12.3 Å². The summed E-state index contributed by atoms with van der Waals surface area (Å²) < 4.78 is 14.3. The number of rotatable bonds is 9. The minimum absolute atomic E-state index is 0.245. The molecule has 2 N–H and O–H groups in total. The molecule has 4 heteroatoms. The Kier molecular flexibility index (Phi) is 9.09. The van der Waals surface area contributed by atoms with Gasteiger partial charge in [0.1, 0.15) is 5.67 Å². The van der Waals surface area contributed by atoms with Crippen LogP contribution in [0.15, 0.2) is 65.8 Å². The number of alkyl halides is 1. The molecule has 3 rings (SSSR count). The van der Waals surface area contributed by atoms with Gasteiger partial charge in [-0.1, -0.05) is 54.5 Å². The number of hydrogen-bond acceptors (Lipinski definition) is 3. The molecule has 0 fully saturated rings. The first-order valence-corrected chi connectivity index (χ1v) is 12.6. The fourth-order valence-corrected chi connectivity index (χ4v) is 4.60. The molecular formula is C31H41FN2O. The van der Waals surface area contributed by atoms with Gasteiger partial charge < -0.3 is 10.4 Å². The van der Waals surface area contributed by atoms with Crippen LogP contribution < -0.4 is 5.32 Å². The molecule has 2 aromatic rings. The van der Waals surface area contributed by atoms with Crippen LogP contribution in [0, 0.1) is 6.92 Å². The number of allylic oxidation sites excluding steroid dienone is 6. The van der Waals surface area contributed by atoms with Gasteiger partial charge in [0.05, 0.1) is 6.61 Å². The van der Waals surface area contributed by atoms with Crippen LogP contribution in [0.1, 0.15) is 63.3 Å². The van der Waals surface area contributed by atoms with Crippen LogP contribution in [-0.4, -0.2) is 35.4 Å². The van der Waals surface area contributed by atoms with E-state index in [0.29, 0.717) is 6.54 Å². The lowest BCUT2D eigenvalue weighted by Crippen LogP contribution is -2.42. The molecule has 1 aliphatic rings. The molecule has 0 saturated heterocycles. The van der Waals surface area contributed by atoms with Gasteiger partial charge in [0.2, 0.25) is 0 Å². The molecule has 1 unspecified atom stereocenters. The molecule has 0 aliphatic carbocycles. The second kappa shape index (κ2) is 11.8. The van der Waals surface area contributed by atoms with Crippen molar-refractivity contribution < 1.29 is 9.50 Å². The highest BCUT2D eigenvalue weighted by atomic mass is 19.1. The van der Waals surface area contributed by atoms with Crippen molar-refractivity contribution >= 4 is 16.9 Å². The maximum atomic E-state index is 14.3. The van der Waals surface area contributed by atoms with E-state index in [1.165, 1.54) is 45.9 Å². The largest absolute Gasteiger partial charge is 0.393 e. The Morgan fingerprint density at radius 3 is 2.66 bits per heavy atom. The second-order valence-corrected chi connectivity index (χ2v) is 10.2. The van der Waals surface area contributed by atoms with E-state index in [1.54, 1.807) is 0 Å². The molecule has 35 heavy (non-hydrogen) atoms. The van der Waals surface area contributed by atoms with Crippen LogP contribution in [0.3, 0.4) is 0 Å². The minimum Gasteiger partial charge on any atom is -0.393 e. The standard InChI is InChI=1S/C31H41FN2O/c1-7-22(2)17-23(3)11-12-24(4)29-18-27(14-13-25(29)5)33-30-10-8-9-26-19-34(16-15-28(26)30)20-31(6,32)21-35/h8-14,17-18,33,35H,7,15-16,19-21H2,1-6H3/b22-17?,23-11-,24-12+. The van der Waals surface area contributed by atoms with Crippen molar-refractivity contribution in [2.75, 3.05) is 25.0 Å². The van der Waals surface area contributed by atoms with Crippen LogP contribution in [0.5, 0.6) is 0 Å². The lowest BCUT2D eigenvalue weighted by molar-refractivity contribution is 0.0432. The molecule has 0 spiro atoms. The number of aliphatic hydroxyl groups excluding tert-OH is 1. The third kappa shape index (κ3) is 7.39. The number of benzene rings is 2. The summed E-state index contributed by atoms with van der Waals surface area (Å²) in [6.07, 6.45) is 8.55. The molecular weight excluding hydrogens is 435 g/mol. The first-order valence-electron chi connectivity index (χ1n) is 12.6. The van der Waals surface area contributed by atoms with Crippen LogP contribution >= 0.6 is 0 Å². The predicted octanol–water partition coefficient (Wildman–Crippen LogP) is 7.52. The topological polar surface area (TPSA) is 35.5 Å². The van der Waals surface area contributed by atoms with E-state index in [0.717, 1.165) is 30.8 Å². The van der Waals surface area contributed by atoms with E-state index >= 15 is 0 Å². The molecule has 3 nitrogen and oxygen atoms in total. The van der Waals surface area contributed by atoms with Gasteiger partial charge in [-0.25, -0.2) is 4.39 Å². The highest BCUT2D eigenvalue weighted by Crippen LogP contribution is 2.31. The third-order valence-electron chi connectivity index (χ3n) is 6.80. The van der Waals surface area contributed by atoms with Gasteiger partial charge in [-0.2, -0.15) is 0 Å². The summed E-state index contributed by atoms with van der Waals surface area (Å²) in [5.74, 6) is 0. The molecule has 2 aromatic carbocycles. The van der Waals surface area contributed by atoms with Gasteiger partial charge in [-0.15, -0.1) is 0 Å². The Bertz CT molecular complexity index is 1130. The van der Waals surface area contributed by atoms with Gasteiger partial charge in [0.15, 0.2) is 0 Å². The van der Waals surface area contributed by atoms with Crippen molar-refractivity contribution in [3.8, 4) is 0 Å². The Balaban J connectivity index is 1.80. The molecule has 1 heterocycles. The van der Waals surface area contributed by atoms with Crippen LogP contribution in [0.2, 0.25) is 0 Å². The predicted molar refractivity (Wildman–Crippen MR) is 148 cm³/mol. The van der Waals surface area contributed by atoms with Crippen molar-refractivity contribution in [2.45, 2.75) is 66.6 Å². The maximum Gasteiger partial charge on any atom is 0.143 e. The van der Waals surface area contributed by atoms with E-state index in [-0.39, 0.29) is 6.54 Å². The highest BCUT2D eigenvalue weighted by molar-refractivity contribution is 5.74. The Morgan fingerprint density at radius 1 is 1.17 bits per heavy atom. The number of fused-ring (bicyclic) bond motifs is 1. The van der Waals surface area contributed by atoms with Gasteiger partial charge in [0, 0.05) is 31.0 Å². The smallest absolute Gasteiger partial charge is 0.143 e. The monoisotopic (exact) mass is 476 g/mol. The molecule has 0 radical (unpaired) electrons. The molecule has 0 saturated carbocycles. The summed E-state index contributed by atoms with van der Waals surface area (Å²) in [5.41, 5.74) is 9.47. The number of aryl methyl sites for hydroxylation is 1. The summed E-state index contributed by atoms with van der Waals surface area (Å²) >= 11 is 0. The van der Waals surface area contributed by atoms with Gasteiger partial charge in [0.25, 0.3) is 0 Å². The van der Waals surface area contributed by atoms with Crippen LogP contribution in [-0.2, 0) is 13.0 Å². The van der Waals surface area contributed by atoms with Gasteiger partial charge in [-0.3, -0.25) is 4.90 Å². The average Bonchev–Trinajstić information content (AvgIpc) is 2.83. The Labute approximate surface area is 211 Å². The maximum absolute atomic E-state index is 14.3. The Hall–Kier alpha value is -2.69. The van der Waals surface area contributed by atoms with Crippen molar-refractivity contribution in [1.82, 2.24) is 4.90 Å². The normalized spacial score (nSPS) is 17.2. The number of nitrogens with zero attached hydrogens (tertiary/aromatic N) is 1. The fourth-order valence-electron chi connectivity index (χ4n) is 4.60. The van der Waals surface area contributed by atoms with Crippen molar-refractivity contribution in [3.63, 3.8) is 0 Å². The van der Waals surface area contributed by atoms with E-state index in [4.69, 9.17) is 0 Å². The first-order chi connectivity index (χ1) is 16.6. The SMILES string of the molecule is CCC(C)=C/C(C)=C\C=C(/C)c1cc(Nc2cccc3c2CCN(CC(C)(F)CO)C3)ccc1C. The summed E-state index contributed by atoms with van der Waals surface area (Å²) in [6, 6.07) is 12.8. The number of nitrogens with one attached hydrogen (secondary N) is 1. The van der Waals surface area contributed by atoms with Gasteiger partial charge >= 0.3 is 0 Å².